The highest BCUT2D eigenvalue weighted by atomic mass is 35.5. The number of pyridine rings is 1. The van der Waals surface area contributed by atoms with Gasteiger partial charge in [0.05, 0.1) is 18.7 Å². The largest absolute Gasteiger partial charge is 0.453 e. The molecule has 6 nitrogen and oxygen atoms in total. The molecule has 102 valence electrons. The minimum atomic E-state index is -0.487. The summed E-state index contributed by atoms with van der Waals surface area (Å²) < 4.78 is 4.53. The highest BCUT2D eigenvalue weighted by Crippen LogP contribution is 2.18. The van der Waals surface area contributed by atoms with Crippen LogP contribution in [-0.4, -0.2) is 48.1 Å². The molecule has 1 N–H and O–H groups in total. The van der Waals surface area contributed by atoms with Crippen LogP contribution >= 0.6 is 11.6 Å². The van der Waals surface area contributed by atoms with Crippen molar-refractivity contribution < 1.29 is 14.3 Å². The van der Waals surface area contributed by atoms with Gasteiger partial charge in [0.25, 0.3) is 5.91 Å². The lowest BCUT2D eigenvalue weighted by Gasteiger charge is -2.17. The number of halogens is 1. The fraction of sp³-hybridized carbons (Fsp3) is 0.417. The summed E-state index contributed by atoms with van der Waals surface area (Å²) in [7, 11) is 1.31. The molecular formula is C12H14ClN3O3. The molecule has 2 rings (SSSR count). The molecule has 0 bridgehead atoms. The summed E-state index contributed by atoms with van der Waals surface area (Å²) in [5, 5.41) is 2.87. The molecule has 2 amide bonds. The van der Waals surface area contributed by atoms with Crippen LogP contribution in [-0.2, 0) is 4.74 Å². The van der Waals surface area contributed by atoms with Crippen molar-refractivity contribution in [2.45, 2.75) is 12.5 Å². The van der Waals surface area contributed by atoms with Crippen LogP contribution in [0.4, 0.5) is 4.79 Å². The highest BCUT2D eigenvalue weighted by molar-refractivity contribution is 6.32. The highest BCUT2D eigenvalue weighted by Gasteiger charge is 2.29. The van der Waals surface area contributed by atoms with Crippen LogP contribution in [0.15, 0.2) is 18.3 Å². The molecule has 19 heavy (non-hydrogen) atoms. The molecule has 1 aromatic rings. The minimum Gasteiger partial charge on any atom is -0.453 e. The van der Waals surface area contributed by atoms with E-state index in [9.17, 15) is 9.59 Å². The van der Waals surface area contributed by atoms with Crippen molar-refractivity contribution in [2.24, 2.45) is 0 Å². The SMILES string of the molecule is COC(=O)NC1CCN(C(=O)c2cccnc2Cl)C1. The fourth-order valence-electron chi connectivity index (χ4n) is 2.00. The molecule has 0 aliphatic carbocycles. The first kappa shape index (κ1) is 13.6. The third-order valence-electron chi connectivity index (χ3n) is 2.97. The van der Waals surface area contributed by atoms with Crippen molar-refractivity contribution in [3.05, 3.63) is 29.0 Å². The van der Waals surface area contributed by atoms with E-state index in [1.54, 1.807) is 17.0 Å². The third kappa shape index (κ3) is 3.14. The molecule has 0 spiro atoms. The Balaban J connectivity index is 1.99. The number of amides is 2. The maximum Gasteiger partial charge on any atom is 0.407 e. The fourth-order valence-corrected chi connectivity index (χ4v) is 2.20. The zero-order valence-electron chi connectivity index (χ0n) is 10.4. The Kier molecular flexibility index (Phi) is 4.21. The molecule has 1 aliphatic rings. The monoisotopic (exact) mass is 283 g/mol. The van der Waals surface area contributed by atoms with Gasteiger partial charge < -0.3 is 15.0 Å². The van der Waals surface area contributed by atoms with Crippen LogP contribution in [0.3, 0.4) is 0 Å². The van der Waals surface area contributed by atoms with E-state index in [2.05, 4.69) is 15.0 Å². The van der Waals surface area contributed by atoms with Gasteiger partial charge in [0.15, 0.2) is 0 Å². The summed E-state index contributed by atoms with van der Waals surface area (Å²) in [5.41, 5.74) is 0.378. The lowest BCUT2D eigenvalue weighted by Crippen LogP contribution is -2.38. The zero-order chi connectivity index (χ0) is 13.8. The van der Waals surface area contributed by atoms with Gasteiger partial charge in [0.2, 0.25) is 0 Å². The van der Waals surface area contributed by atoms with Crippen molar-refractivity contribution in [3.63, 3.8) is 0 Å². The van der Waals surface area contributed by atoms with Gasteiger partial charge in [-0.3, -0.25) is 4.79 Å². The van der Waals surface area contributed by atoms with E-state index in [4.69, 9.17) is 11.6 Å². The molecule has 2 heterocycles. The Labute approximate surface area is 115 Å². The second-order valence-electron chi connectivity index (χ2n) is 4.21. The predicted octanol–water partition coefficient (Wildman–Crippen LogP) is 1.31. The Morgan fingerprint density at radius 3 is 3.05 bits per heavy atom. The lowest BCUT2D eigenvalue weighted by atomic mass is 10.2. The van der Waals surface area contributed by atoms with Crippen LogP contribution < -0.4 is 5.32 Å². The first-order chi connectivity index (χ1) is 9.11. The maximum absolute atomic E-state index is 12.2. The number of ether oxygens (including phenoxy) is 1. The number of carbonyl (C=O) groups excluding carboxylic acids is 2. The molecule has 0 radical (unpaired) electrons. The predicted molar refractivity (Wildman–Crippen MR) is 69.1 cm³/mol. The number of hydrogen-bond acceptors (Lipinski definition) is 4. The van der Waals surface area contributed by atoms with Crippen molar-refractivity contribution in [1.29, 1.82) is 0 Å². The second kappa shape index (κ2) is 5.88. The Morgan fingerprint density at radius 1 is 1.58 bits per heavy atom. The van der Waals surface area contributed by atoms with Crippen LogP contribution in [0.1, 0.15) is 16.8 Å². The summed E-state index contributed by atoms with van der Waals surface area (Å²) in [5.74, 6) is -0.174. The van der Waals surface area contributed by atoms with Gasteiger partial charge in [-0.1, -0.05) is 11.6 Å². The Morgan fingerprint density at radius 2 is 2.37 bits per heavy atom. The molecule has 1 aliphatic heterocycles. The average molecular weight is 284 g/mol. The van der Waals surface area contributed by atoms with Crippen LogP contribution in [0.25, 0.3) is 0 Å². The van der Waals surface area contributed by atoms with Crippen molar-refractivity contribution in [3.8, 4) is 0 Å². The van der Waals surface area contributed by atoms with Gasteiger partial charge in [-0.25, -0.2) is 9.78 Å². The van der Waals surface area contributed by atoms with E-state index in [-0.39, 0.29) is 17.1 Å². The standard InChI is InChI=1S/C12H14ClN3O3/c1-19-12(18)15-8-4-6-16(7-8)11(17)9-3-2-5-14-10(9)13/h2-3,5,8H,4,6-7H2,1H3,(H,15,18). The number of nitrogens with one attached hydrogen (secondary N) is 1. The average Bonchev–Trinajstić information content (AvgIpc) is 2.87. The Hall–Kier alpha value is -1.82. The van der Waals surface area contributed by atoms with E-state index < -0.39 is 6.09 Å². The van der Waals surface area contributed by atoms with Crippen molar-refractivity contribution >= 4 is 23.6 Å². The first-order valence-electron chi connectivity index (χ1n) is 5.86. The molecule has 1 fully saturated rings. The van der Waals surface area contributed by atoms with E-state index in [0.29, 0.717) is 25.1 Å². The third-order valence-corrected chi connectivity index (χ3v) is 3.27. The second-order valence-corrected chi connectivity index (χ2v) is 4.57. The van der Waals surface area contributed by atoms with Crippen LogP contribution in [0.2, 0.25) is 5.15 Å². The number of nitrogens with zero attached hydrogens (tertiary/aromatic N) is 2. The zero-order valence-corrected chi connectivity index (χ0v) is 11.2. The van der Waals surface area contributed by atoms with Crippen molar-refractivity contribution in [2.75, 3.05) is 20.2 Å². The van der Waals surface area contributed by atoms with Gasteiger partial charge in [0, 0.05) is 19.3 Å². The lowest BCUT2D eigenvalue weighted by molar-refractivity contribution is 0.0788. The minimum absolute atomic E-state index is 0.0909. The number of hydrogen-bond donors (Lipinski definition) is 1. The summed E-state index contributed by atoms with van der Waals surface area (Å²) in [6, 6.07) is 3.21. The summed E-state index contributed by atoms with van der Waals surface area (Å²) in [6.07, 6.45) is 1.74. The summed E-state index contributed by atoms with van der Waals surface area (Å²) in [4.78, 5) is 28.8. The van der Waals surface area contributed by atoms with E-state index in [0.717, 1.165) is 0 Å². The molecule has 0 saturated carbocycles. The molecule has 1 unspecified atom stereocenters. The van der Waals surface area contributed by atoms with Gasteiger partial charge in [-0.15, -0.1) is 0 Å². The number of aromatic nitrogens is 1. The molecule has 1 aromatic heterocycles. The number of carbonyl (C=O) groups is 2. The summed E-state index contributed by atoms with van der Waals surface area (Å²) in [6.45, 7) is 1.01. The molecule has 0 aromatic carbocycles. The maximum atomic E-state index is 12.2. The van der Waals surface area contributed by atoms with E-state index >= 15 is 0 Å². The first-order valence-corrected chi connectivity index (χ1v) is 6.24. The smallest absolute Gasteiger partial charge is 0.407 e. The number of methoxy groups -OCH3 is 1. The molecule has 7 heteroatoms. The topological polar surface area (TPSA) is 71.5 Å². The van der Waals surface area contributed by atoms with Gasteiger partial charge in [-0.2, -0.15) is 0 Å². The Bertz CT molecular complexity index is 495. The van der Waals surface area contributed by atoms with Crippen LogP contribution in [0, 0.1) is 0 Å². The molecule has 1 atom stereocenters. The molecule has 1 saturated heterocycles. The number of likely N-dealkylation sites (tertiary alicyclic amines) is 1. The van der Waals surface area contributed by atoms with Crippen molar-refractivity contribution in [1.82, 2.24) is 15.2 Å². The molecular weight excluding hydrogens is 270 g/mol. The van der Waals surface area contributed by atoms with Gasteiger partial charge in [-0.05, 0) is 18.6 Å². The van der Waals surface area contributed by atoms with Crippen LogP contribution in [0.5, 0.6) is 0 Å². The number of rotatable bonds is 2. The van der Waals surface area contributed by atoms with E-state index in [1.807, 2.05) is 0 Å². The summed E-state index contributed by atoms with van der Waals surface area (Å²) >= 11 is 5.89. The number of alkyl carbamates (subject to hydrolysis) is 1. The van der Waals surface area contributed by atoms with Gasteiger partial charge in [0.1, 0.15) is 5.15 Å². The quantitative estimate of drug-likeness (QED) is 0.831. The van der Waals surface area contributed by atoms with Gasteiger partial charge >= 0.3 is 6.09 Å². The van der Waals surface area contributed by atoms with E-state index in [1.165, 1.54) is 13.3 Å². The normalized spacial score (nSPS) is 18.2.